The van der Waals surface area contributed by atoms with E-state index in [1.54, 1.807) is 48.3 Å². The number of carbonyl (C=O) groups is 3. The van der Waals surface area contributed by atoms with Crippen LogP contribution in [0.25, 0.3) is 0 Å². The van der Waals surface area contributed by atoms with Crippen LogP contribution in [0, 0.1) is 0 Å². The van der Waals surface area contributed by atoms with Gasteiger partial charge in [0.1, 0.15) is 12.0 Å². The van der Waals surface area contributed by atoms with E-state index in [9.17, 15) is 19.5 Å². The average Bonchev–Trinajstić information content (AvgIpc) is 2.79. The molecule has 0 bridgehead atoms. The topological polar surface area (TPSA) is 87.2 Å². The van der Waals surface area contributed by atoms with Crippen LogP contribution in [0.2, 0.25) is 10.0 Å². The van der Waals surface area contributed by atoms with E-state index in [1.165, 1.54) is 11.1 Å². The van der Waals surface area contributed by atoms with Crippen molar-refractivity contribution in [3.63, 3.8) is 0 Å². The van der Waals surface area contributed by atoms with Crippen molar-refractivity contribution in [3.05, 3.63) is 69.2 Å². The number of rotatable bonds is 5. The molecular weight excluding hydrogens is 467 g/mol. The first kappa shape index (κ1) is 23.5. The van der Waals surface area contributed by atoms with Crippen LogP contribution < -0.4 is 0 Å². The number of carboxylic acid groups (broad SMARTS) is 1. The number of carboxylic acids is 1. The van der Waals surface area contributed by atoms with Crippen LogP contribution in [0.4, 0.5) is 0 Å². The Labute approximate surface area is 201 Å². The molecule has 2 heterocycles. The van der Waals surface area contributed by atoms with E-state index in [1.807, 2.05) is 0 Å². The fraction of sp³-hybridized carbons (Fsp3) is 0.375. The summed E-state index contributed by atoms with van der Waals surface area (Å²) in [6.45, 7) is 2.35. The first-order valence-electron chi connectivity index (χ1n) is 10.9. The Kier molecular flexibility index (Phi) is 6.93. The lowest BCUT2D eigenvalue weighted by molar-refractivity contribution is -0.164. The lowest BCUT2D eigenvalue weighted by atomic mass is 9.80. The van der Waals surface area contributed by atoms with Gasteiger partial charge in [-0.3, -0.25) is 19.4 Å². The van der Waals surface area contributed by atoms with Crippen LogP contribution in [0.1, 0.15) is 59.6 Å². The van der Waals surface area contributed by atoms with Crippen LogP contribution >= 0.6 is 23.2 Å². The van der Waals surface area contributed by atoms with E-state index in [0.717, 1.165) is 12.8 Å². The molecule has 0 radical (unpaired) electrons. The molecule has 7 nitrogen and oxygen atoms in total. The summed E-state index contributed by atoms with van der Waals surface area (Å²) in [6, 6.07) is 9.79. The van der Waals surface area contributed by atoms with E-state index in [4.69, 9.17) is 27.9 Å². The van der Waals surface area contributed by atoms with Gasteiger partial charge in [-0.15, -0.1) is 0 Å². The van der Waals surface area contributed by atoms with Crippen molar-refractivity contribution in [2.24, 2.45) is 0 Å². The van der Waals surface area contributed by atoms with Crippen LogP contribution in [-0.4, -0.2) is 52.2 Å². The zero-order chi connectivity index (χ0) is 23.7. The van der Waals surface area contributed by atoms with Crippen molar-refractivity contribution < 1.29 is 24.2 Å². The predicted octanol–water partition coefficient (Wildman–Crippen LogP) is 4.69. The number of benzene rings is 2. The molecular formula is C24H24Cl2N2O5. The Morgan fingerprint density at radius 2 is 1.88 bits per heavy atom. The van der Waals surface area contributed by atoms with Crippen LogP contribution in [0.5, 0.6) is 0 Å². The highest BCUT2D eigenvalue weighted by Gasteiger charge is 2.49. The number of piperidine rings is 1. The summed E-state index contributed by atoms with van der Waals surface area (Å²) < 4.78 is 5.28. The molecule has 2 aliphatic rings. The second-order valence-corrected chi connectivity index (χ2v) is 8.93. The predicted molar refractivity (Wildman–Crippen MR) is 123 cm³/mol. The first-order chi connectivity index (χ1) is 15.8. The zero-order valence-electron chi connectivity index (χ0n) is 18.0. The number of hydrazine groups is 1. The molecule has 1 amide bonds. The minimum Gasteiger partial charge on any atom is -0.481 e. The number of fused-ring (bicyclic) bond motifs is 1. The van der Waals surface area contributed by atoms with Crippen molar-refractivity contribution in [1.29, 1.82) is 0 Å². The van der Waals surface area contributed by atoms with Gasteiger partial charge in [-0.2, -0.15) is 0 Å². The molecule has 3 atom stereocenters. The molecule has 33 heavy (non-hydrogen) atoms. The van der Waals surface area contributed by atoms with Gasteiger partial charge in [0.25, 0.3) is 5.91 Å². The number of halogens is 2. The molecule has 2 aliphatic heterocycles. The van der Waals surface area contributed by atoms with E-state index in [2.05, 4.69) is 0 Å². The maximum Gasteiger partial charge on any atom is 0.325 e. The molecule has 0 aliphatic carbocycles. The van der Waals surface area contributed by atoms with Gasteiger partial charge in [0.05, 0.1) is 12.6 Å². The molecule has 2 aromatic carbocycles. The highest BCUT2D eigenvalue weighted by molar-refractivity contribution is 6.35. The van der Waals surface area contributed by atoms with E-state index in [0.29, 0.717) is 34.7 Å². The van der Waals surface area contributed by atoms with E-state index >= 15 is 0 Å². The smallest absolute Gasteiger partial charge is 0.325 e. The van der Waals surface area contributed by atoms with Gasteiger partial charge in [-0.25, -0.2) is 5.01 Å². The third-order valence-electron chi connectivity index (χ3n) is 6.17. The number of ether oxygens (including phenoxy) is 1. The third kappa shape index (κ3) is 4.33. The summed E-state index contributed by atoms with van der Waals surface area (Å²) in [5.41, 5.74) is 1.15. The number of esters is 1. The quantitative estimate of drug-likeness (QED) is 0.611. The fourth-order valence-electron chi connectivity index (χ4n) is 4.77. The molecule has 174 valence electrons. The molecule has 3 unspecified atom stereocenters. The molecule has 0 saturated carbocycles. The Morgan fingerprint density at radius 3 is 2.58 bits per heavy atom. The van der Waals surface area contributed by atoms with Crippen molar-refractivity contribution >= 4 is 41.0 Å². The SMILES string of the molecule is CCOC(=O)C1CCCCN1N1C(=O)c2ccccc2C(C(=O)O)C1c1ccc(Cl)cc1Cl. The van der Waals surface area contributed by atoms with Gasteiger partial charge >= 0.3 is 11.9 Å². The summed E-state index contributed by atoms with van der Waals surface area (Å²) in [5.74, 6) is -3.00. The number of hydrogen-bond donors (Lipinski definition) is 1. The summed E-state index contributed by atoms with van der Waals surface area (Å²) in [5, 5.41) is 14.0. The molecule has 0 aromatic heterocycles. The van der Waals surface area contributed by atoms with Gasteiger partial charge in [-0.05, 0) is 55.5 Å². The Morgan fingerprint density at radius 1 is 1.12 bits per heavy atom. The van der Waals surface area contributed by atoms with Gasteiger partial charge in [0.2, 0.25) is 0 Å². The normalized spacial score (nSPS) is 23.2. The van der Waals surface area contributed by atoms with Crippen molar-refractivity contribution in [1.82, 2.24) is 10.0 Å². The largest absolute Gasteiger partial charge is 0.481 e. The maximum absolute atomic E-state index is 13.8. The summed E-state index contributed by atoms with van der Waals surface area (Å²) in [4.78, 5) is 39.3. The van der Waals surface area contributed by atoms with E-state index < -0.39 is 29.9 Å². The van der Waals surface area contributed by atoms with E-state index in [-0.39, 0.29) is 17.5 Å². The summed E-state index contributed by atoms with van der Waals surface area (Å²) in [6.07, 6.45) is 2.05. The van der Waals surface area contributed by atoms with Gasteiger partial charge in [0.15, 0.2) is 0 Å². The van der Waals surface area contributed by atoms with Crippen molar-refractivity contribution in [3.8, 4) is 0 Å². The average molecular weight is 491 g/mol. The Bertz CT molecular complexity index is 1090. The van der Waals surface area contributed by atoms with Gasteiger partial charge < -0.3 is 9.84 Å². The Hall–Kier alpha value is -2.61. The Balaban J connectivity index is 1.92. The van der Waals surface area contributed by atoms with Gasteiger partial charge in [-0.1, -0.05) is 47.5 Å². The highest BCUT2D eigenvalue weighted by Crippen LogP contribution is 2.47. The first-order valence-corrected chi connectivity index (χ1v) is 11.6. The lowest BCUT2D eigenvalue weighted by Crippen LogP contribution is -2.60. The lowest BCUT2D eigenvalue weighted by Gasteiger charge is -2.49. The molecule has 2 aromatic rings. The number of carbonyl (C=O) groups excluding carboxylic acids is 2. The molecule has 0 spiro atoms. The minimum atomic E-state index is -1.10. The zero-order valence-corrected chi connectivity index (χ0v) is 19.6. The number of nitrogens with zero attached hydrogens (tertiary/aromatic N) is 2. The molecule has 9 heteroatoms. The fourth-order valence-corrected chi connectivity index (χ4v) is 5.29. The highest BCUT2D eigenvalue weighted by atomic mass is 35.5. The number of hydrogen-bond acceptors (Lipinski definition) is 5. The molecule has 4 rings (SSSR count). The number of amides is 1. The minimum absolute atomic E-state index is 0.212. The standard InChI is InChI=1S/C24H24Cl2N2O5/c1-2-33-24(32)19-9-5-6-12-27(19)28-21(17-11-10-14(25)13-18(17)26)20(23(30)31)15-7-3-4-8-16(15)22(28)29/h3-4,7-8,10-11,13,19-21H,2,5-6,9,12H2,1H3,(H,30,31). The number of aliphatic carboxylic acids is 1. The molecule has 1 saturated heterocycles. The second kappa shape index (κ2) is 9.71. The monoisotopic (exact) mass is 490 g/mol. The third-order valence-corrected chi connectivity index (χ3v) is 6.73. The van der Waals surface area contributed by atoms with Crippen LogP contribution in [-0.2, 0) is 14.3 Å². The molecule has 1 N–H and O–H groups in total. The van der Waals surface area contributed by atoms with Crippen LogP contribution in [0.15, 0.2) is 42.5 Å². The van der Waals surface area contributed by atoms with Crippen LogP contribution in [0.3, 0.4) is 0 Å². The summed E-state index contributed by atoms with van der Waals surface area (Å²) >= 11 is 12.6. The van der Waals surface area contributed by atoms with Crippen molar-refractivity contribution in [2.45, 2.75) is 44.2 Å². The summed E-state index contributed by atoms with van der Waals surface area (Å²) in [7, 11) is 0. The second-order valence-electron chi connectivity index (χ2n) is 8.09. The maximum atomic E-state index is 13.8. The van der Waals surface area contributed by atoms with Crippen molar-refractivity contribution in [2.75, 3.05) is 13.2 Å². The molecule has 1 fully saturated rings. The van der Waals surface area contributed by atoms with Gasteiger partial charge in [0, 0.05) is 22.2 Å².